The first-order valence-electron chi connectivity index (χ1n) is 4.27. The van der Waals surface area contributed by atoms with Crippen LogP contribution in [0.5, 0.6) is 0 Å². The molecule has 3 rings (SSSR count). The second-order valence-corrected chi connectivity index (χ2v) is 4.26. The van der Waals surface area contributed by atoms with Crippen molar-refractivity contribution in [2.24, 2.45) is 0 Å². The Bertz CT molecular complexity index is 173. The predicted molar refractivity (Wildman–Crippen MR) is 36.8 cm³/mol. The highest BCUT2D eigenvalue weighted by Crippen LogP contribution is 2.60. The summed E-state index contributed by atoms with van der Waals surface area (Å²) in [4.78, 5) is 0. The van der Waals surface area contributed by atoms with Gasteiger partial charge < -0.3 is 10.2 Å². The van der Waals surface area contributed by atoms with Gasteiger partial charge in [-0.1, -0.05) is 0 Å². The van der Waals surface area contributed by atoms with E-state index in [1.807, 2.05) is 0 Å². The predicted octanol–water partition coefficient (Wildman–Crippen LogP) is 1.88. The third-order valence-corrected chi connectivity index (χ3v) is 4.07. The zero-order chi connectivity index (χ0) is 6.82. The Hall–Kier alpha value is -0.400. The van der Waals surface area contributed by atoms with Gasteiger partial charge in [-0.15, -0.1) is 0 Å². The van der Waals surface area contributed by atoms with Gasteiger partial charge in [0, 0.05) is 38.5 Å². The molecule has 3 fully saturated rings. The molecule has 0 aromatic carbocycles. The fraction of sp³-hybridized carbons (Fsp3) is 1.00. The maximum Gasteiger partial charge on any atom is 0.152 e. The Morgan fingerprint density at radius 1 is 0.800 bits per heavy atom. The molecule has 10 heavy (non-hydrogen) atoms. The van der Waals surface area contributed by atoms with Gasteiger partial charge in [0.2, 0.25) is 0 Å². The van der Waals surface area contributed by atoms with Crippen molar-refractivity contribution in [3.63, 3.8) is 0 Å². The molecule has 3 aliphatic heterocycles. The molecule has 2 bridgehead atoms. The summed E-state index contributed by atoms with van der Waals surface area (Å²) in [5, 5.41) is 0. The van der Waals surface area contributed by atoms with Gasteiger partial charge >= 0.3 is 0 Å². The highest BCUT2D eigenvalue weighted by Gasteiger charge is 2.68. The fourth-order valence-corrected chi connectivity index (χ4v) is 3.28. The van der Waals surface area contributed by atoms with Crippen molar-refractivity contribution in [3.05, 3.63) is 5.53 Å². The number of rotatable bonds is 0. The van der Waals surface area contributed by atoms with Crippen LogP contribution in [-0.2, 0) is 0 Å². The summed E-state index contributed by atoms with van der Waals surface area (Å²) < 4.78 is 1.71. The molecule has 0 N–H and O–H groups in total. The summed E-state index contributed by atoms with van der Waals surface area (Å²) in [5.41, 5.74) is 10.3. The average Bonchev–Trinajstić information content (AvgIpc) is 2.52. The van der Waals surface area contributed by atoms with Crippen LogP contribution >= 0.6 is 0 Å². The lowest BCUT2D eigenvalue weighted by Crippen LogP contribution is -2.29. The summed E-state index contributed by atoms with van der Waals surface area (Å²) in [6, 6.07) is 0. The van der Waals surface area contributed by atoms with E-state index < -0.39 is 0 Å². The van der Waals surface area contributed by atoms with Crippen LogP contribution < -0.4 is 0 Å². The van der Waals surface area contributed by atoms with Crippen molar-refractivity contribution < 1.29 is 4.70 Å². The largest absolute Gasteiger partial charge is 0.506 e. The van der Waals surface area contributed by atoms with E-state index in [9.17, 15) is 5.53 Å². The van der Waals surface area contributed by atoms with E-state index >= 15 is 0 Å². The average molecular weight is 136 g/mol. The minimum absolute atomic E-state index is 0.264. The normalized spacial score (nSPS) is 56.6. The molecule has 2 nitrogen and oxygen atoms in total. The van der Waals surface area contributed by atoms with Crippen LogP contribution in [0.15, 0.2) is 0 Å². The zero-order valence-electron chi connectivity index (χ0n) is 6.14. The van der Waals surface area contributed by atoms with Crippen molar-refractivity contribution in [1.82, 2.24) is 0 Å². The van der Waals surface area contributed by atoms with Gasteiger partial charge in [-0.25, -0.2) is 0 Å². The van der Waals surface area contributed by atoms with Crippen molar-refractivity contribution in [1.29, 1.82) is 0 Å². The minimum Gasteiger partial charge on any atom is -0.506 e. The zero-order valence-corrected chi connectivity index (χ0v) is 6.14. The lowest BCUT2D eigenvalue weighted by Gasteiger charge is -2.24. The maximum absolute atomic E-state index is 9.74. The van der Waals surface area contributed by atoms with Gasteiger partial charge in [-0.05, 0) is 0 Å². The molecule has 0 aromatic heterocycles. The first kappa shape index (κ1) is 5.28. The summed E-state index contributed by atoms with van der Waals surface area (Å²) in [5.74, 6) is 0. The first-order chi connectivity index (χ1) is 4.78. The molecular weight excluding hydrogens is 124 g/mol. The van der Waals surface area contributed by atoms with Gasteiger partial charge in [0.1, 0.15) is 0 Å². The number of hydrogen-bond acceptors (Lipinski definition) is 0. The molecule has 3 aliphatic rings. The number of hydrogen-bond donors (Lipinski definition) is 0. The minimum atomic E-state index is 0.264. The molecule has 0 amide bonds. The van der Waals surface area contributed by atoms with Gasteiger partial charge in [0.15, 0.2) is 11.1 Å². The lowest BCUT2D eigenvalue weighted by molar-refractivity contribution is -0.625. The molecule has 0 spiro atoms. The Morgan fingerprint density at radius 2 is 1.10 bits per heavy atom. The standard InChI is InChI=1S/C8H12N2/c9-10-7-1-2-8(10,5-3-7)6-4-7/h1-6H2. The highest BCUT2D eigenvalue weighted by molar-refractivity contribution is 5.08. The topological polar surface area (TPSA) is 25.3 Å². The molecular formula is C8H12N2. The van der Waals surface area contributed by atoms with Crippen LogP contribution in [-0.4, -0.2) is 15.8 Å². The van der Waals surface area contributed by atoms with Crippen molar-refractivity contribution >= 4 is 0 Å². The van der Waals surface area contributed by atoms with E-state index in [1.165, 1.54) is 38.5 Å². The Balaban J connectivity index is 2.24. The van der Waals surface area contributed by atoms with E-state index in [4.69, 9.17) is 0 Å². The molecule has 0 unspecified atom stereocenters. The van der Waals surface area contributed by atoms with Crippen LogP contribution in [0.4, 0.5) is 0 Å². The third-order valence-electron chi connectivity index (χ3n) is 4.07. The molecule has 54 valence electrons. The first-order valence-corrected chi connectivity index (χ1v) is 4.27. The molecule has 0 atom stereocenters. The molecule has 2 heteroatoms. The second-order valence-electron chi connectivity index (χ2n) is 4.26. The van der Waals surface area contributed by atoms with E-state index in [2.05, 4.69) is 0 Å². The van der Waals surface area contributed by atoms with E-state index in [1.54, 1.807) is 4.70 Å². The third kappa shape index (κ3) is 0.312. The molecule has 3 heterocycles. The van der Waals surface area contributed by atoms with Crippen molar-refractivity contribution in [3.8, 4) is 0 Å². The van der Waals surface area contributed by atoms with Crippen LogP contribution in [0, 0.1) is 0 Å². The Morgan fingerprint density at radius 3 is 1.20 bits per heavy atom. The molecule has 0 radical (unpaired) electrons. The number of nitrogens with zero attached hydrogens (tertiary/aromatic N) is 2. The fourth-order valence-electron chi connectivity index (χ4n) is 3.28. The van der Waals surface area contributed by atoms with E-state index in [0.717, 1.165) is 0 Å². The highest BCUT2D eigenvalue weighted by atomic mass is 15.4. The van der Waals surface area contributed by atoms with E-state index in [0.29, 0.717) is 0 Å². The molecule has 0 aliphatic carbocycles. The van der Waals surface area contributed by atoms with Crippen molar-refractivity contribution in [2.75, 3.05) is 0 Å². The lowest BCUT2D eigenvalue weighted by atomic mass is 9.71. The van der Waals surface area contributed by atoms with Crippen LogP contribution in [0.25, 0.3) is 5.53 Å². The second kappa shape index (κ2) is 1.17. The summed E-state index contributed by atoms with van der Waals surface area (Å²) >= 11 is 0. The van der Waals surface area contributed by atoms with E-state index in [-0.39, 0.29) is 11.1 Å². The van der Waals surface area contributed by atoms with Gasteiger partial charge in [-0.2, -0.15) is 0 Å². The molecule has 3 saturated heterocycles. The smallest absolute Gasteiger partial charge is 0.152 e. The van der Waals surface area contributed by atoms with Crippen molar-refractivity contribution in [2.45, 2.75) is 49.6 Å². The van der Waals surface area contributed by atoms with Gasteiger partial charge in [0.25, 0.3) is 0 Å². The summed E-state index contributed by atoms with van der Waals surface area (Å²) in [7, 11) is 0. The van der Waals surface area contributed by atoms with Crippen LogP contribution in [0.3, 0.4) is 0 Å². The Kier molecular flexibility index (Phi) is 0.618. The van der Waals surface area contributed by atoms with Crippen LogP contribution in [0.1, 0.15) is 38.5 Å². The quantitative estimate of drug-likeness (QED) is 0.454. The maximum atomic E-state index is 9.74. The van der Waals surface area contributed by atoms with Crippen LogP contribution in [0.2, 0.25) is 0 Å². The SMILES string of the molecule is [N-]=[N+]1C23CCC1(CC2)CC3. The summed E-state index contributed by atoms with van der Waals surface area (Å²) in [6.07, 6.45) is 7.52. The molecule has 0 aromatic rings. The Labute approximate surface area is 60.7 Å². The monoisotopic (exact) mass is 136 g/mol. The summed E-state index contributed by atoms with van der Waals surface area (Å²) in [6.45, 7) is 0. The van der Waals surface area contributed by atoms with Gasteiger partial charge in [0.05, 0.1) is 0 Å². The molecule has 0 saturated carbocycles. The van der Waals surface area contributed by atoms with Gasteiger partial charge in [-0.3, -0.25) is 0 Å².